The van der Waals surface area contributed by atoms with Gasteiger partial charge < -0.3 is 4.74 Å². The van der Waals surface area contributed by atoms with Crippen molar-refractivity contribution in [3.05, 3.63) is 42.1 Å². The molecule has 1 fully saturated rings. The van der Waals surface area contributed by atoms with E-state index < -0.39 is 9.84 Å². The predicted molar refractivity (Wildman–Crippen MR) is 98.7 cm³/mol. The first-order valence-corrected chi connectivity index (χ1v) is 10.5. The van der Waals surface area contributed by atoms with E-state index in [2.05, 4.69) is 37.7 Å². The number of hydrogen-bond acceptors (Lipinski definition) is 7. The van der Waals surface area contributed by atoms with Crippen LogP contribution in [-0.4, -0.2) is 53.5 Å². The van der Waals surface area contributed by atoms with E-state index in [1.807, 2.05) is 12.1 Å². The molecule has 1 aliphatic rings. The Bertz CT molecular complexity index is 1030. The highest BCUT2D eigenvalue weighted by Crippen LogP contribution is 2.35. The van der Waals surface area contributed by atoms with E-state index in [-0.39, 0.29) is 10.9 Å². The normalized spacial score (nSPS) is 15.7. The minimum atomic E-state index is -3.56. The molecular weight excluding hydrogens is 366 g/mol. The molecule has 27 heavy (non-hydrogen) atoms. The molecule has 1 N–H and O–H groups in total. The number of hydrogen-bond donors (Lipinski definition) is 1. The van der Waals surface area contributed by atoms with E-state index in [1.165, 1.54) is 11.8 Å². The Labute approximate surface area is 156 Å². The Morgan fingerprint density at radius 2 is 1.85 bits per heavy atom. The number of nitrogens with one attached hydrogen (secondary N) is 1. The van der Waals surface area contributed by atoms with Gasteiger partial charge in [-0.25, -0.2) is 18.5 Å². The van der Waals surface area contributed by atoms with Crippen LogP contribution in [0.2, 0.25) is 0 Å². The molecule has 9 heteroatoms. The lowest BCUT2D eigenvalue weighted by Gasteiger charge is -2.22. The van der Waals surface area contributed by atoms with Gasteiger partial charge in [-0.3, -0.25) is 0 Å². The molecule has 0 atom stereocenters. The van der Waals surface area contributed by atoms with Gasteiger partial charge in [0.2, 0.25) is 0 Å². The summed E-state index contributed by atoms with van der Waals surface area (Å²) in [5.41, 5.74) is 3.23. The van der Waals surface area contributed by atoms with Crippen molar-refractivity contribution < 1.29 is 13.2 Å². The topological polar surface area (TPSA) is 111 Å². The quantitative estimate of drug-likeness (QED) is 0.733. The first-order valence-electron chi connectivity index (χ1n) is 8.65. The number of sulfone groups is 1. The molecule has 3 heterocycles. The van der Waals surface area contributed by atoms with Gasteiger partial charge in [-0.15, -0.1) is 5.10 Å². The number of nitrogens with zero attached hydrogens (tertiary/aromatic N) is 4. The number of ether oxygens (including phenoxy) is 1. The number of tetrazole rings is 1. The Hall–Kier alpha value is -2.65. The smallest absolute Gasteiger partial charge is 0.193 e. The number of rotatable bonds is 4. The molecule has 0 amide bonds. The minimum Gasteiger partial charge on any atom is -0.381 e. The van der Waals surface area contributed by atoms with Crippen LogP contribution < -0.4 is 0 Å². The van der Waals surface area contributed by atoms with Gasteiger partial charge in [-0.05, 0) is 51.9 Å². The average Bonchev–Trinajstić information content (AvgIpc) is 3.22. The molecule has 2 aromatic heterocycles. The van der Waals surface area contributed by atoms with E-state index >= 15 is 0 Å². The highest BCUT2D eigenvalue weighted by atomic mass is 32.2. The van der Waals surface area contributed by atoms with Gasteiger partial charge in [0.25, 0.3) is 0 Å². The number of H-pyrrole nitrogens is 1. The van der Waals surface area contributed by atoms with Gasteiger partial charge in [0, 0.05) is 25.7 Å². The van der Waals surface area contributed by atoms with Gasteiger partial charge in [-0.1, -0.05) is 24.3 Å². The molecule has 3 aromatic rings. The zero-order valence-corrected chi connectivity index (χ0v) is 15.6. The van der Waals surface area contributed by atoms with Crippen LogP contribution in [0.5, 0.6) is 0 Å². The summed E-state index contributed by atoms with van der Waals surface area (Å²) in [4.78, 5) is 4.07. The zero-order valence-electron chi connectivity index (χ0n) is 14.8. The molecule has 140 valence electrons. The molecule has 8 nitrogen and oxygen atoms in total. The molecule has 0 radical (unpaired) electrons. The van der Waals surface area contributed by atoms with E-state index in [0.29, 0.717) is 17.0 Å². The lowest BCUT2D eigenvalue weighted by atomic mass is 9.90. The fraction of sp³-hybridized carbons (Fsp3) is 0.333. The van der Waals surface area contributed by atoms with Crippen molar-refractivity contribution in [2.75, 3.05) is 19.5 Å². The summed E-state index contributed by atoms with van der Waals surface area (Å²) in [6, 6.07) is 9.96. The van der Waals surface area contributed by atoms with Crippen molar-refractivity contribution in [1.29, 1.82) is 0 Å². The van der Waals surface area contributed by atoms with E-state index in [9.17, 15) is 8.42 Å². The second kappa shape index (κ2) is 7.16. The van der Waals surface area contributed by atoms with Gasteiger partial charge in [0.15, 0.2) is 20.7 Å². The van der Waals surface area contributed by atoms with Crippen LogP contribution in [0.1, 0.15) is 24.3 Å². The third-order valence-corrected chi connectivity index (χ3v) is 5.78. The van der Waals surface area contributed by atoms with Crippen LogP contribution in [0.3, 0.4) is 0 Å². The van der Waals surface area contributed by atoms with Crippen molar-refractivity contribution in [2.45, 2.75) is 23.8 Å². The first kappa shape index (κ1) is 17.7. The Kier molecular flexibility index (Phi) is 4.71. The maximum Gasteiger partial charge on any atom is 0.193 e. The molecule has 1 saturated heterocycles. The molecule has 0 aliphatic carbocycles. The standard InChI is InChI=1S/C18H19N5O3S/c1-27(24,25)18-16(17-20-22-23-21-17)15(6-9-19-18)14-4-2-12(3-5-14)13-7-10-26-11-8-13/h2-6,9,13H,7-8,10-11H2,1H3,(H,20,21,22,23). The monoisotopic (exact) mass is 385 g/mol. The highest BCUT2D eigenvalue weighted by Gasteiger charge is 2.23. The van der Waals surface area contributed by atoms with E-state index in [4.69, 9.17) is 4.74 Å². The second-order valence-corrected chi connectivity index (χ2v) is 8.50. The van der Waals surface area contributed by atoms with Crippen molar-refractivity contribution >= 4 is 9.84 Å². The molecule has 1 aliphatic heterocycles. The predicted octanol–water partition coefficient (Wildman–Crippen LogP) is 2.23. The number of benzene rings is 1. The minimum absolute atomic E-state index is 0.0490. The zero-order chi connectivity index (χ0) is 18.9. The van der Waals surface area contributed by atoms with E-state index in [0.717, 1.165) is 37.9 Å². The third kappa shape index (κ3) is 3.60. The van der Waals surface area contributed by atoms with Gasteiger partial charge in [0.1, 0.15) is 0 Å². The van der Waals surface area contributed by atoms with E-state index in [1.54, 1.807) is 6.07 Å². The van der Waals surface area contributed by atoms with Gasteiger partial charge in [-0.2, -0.15) is 0 Å². The van der Waals surface area contributed by atoms with Crippen LogP contribution >= 0.6 is 0 Å². The van der Waals surface area contributed by atoms with Crippen LogP contribution in [0, 0.1) is 0 Å². The summed E-state index contributed by atoms with van der Waals surface area (Å²) in [6.45, 7) is 1.58. The Morgan fingerprint density at radius 1 is 1.11 bits per heavy atom. The first-order chi connectivity index (χ1) is 13.0. The average molecular weight is 385 g/mol. The van der Waals surface area contributed by atoms with Crippen molar-refractivity contribution in [3.63, 3.8) is 0 Å². The summed E-state index contributed by atoms with van der Waals surface area (Å²) in [5.74, 6) is 0.766. The maximum absolute atomic E-state index is 12.2. The SMILES string of the molecule is CS(=O)(=O)c1nccc(-c2ccc(C3CCOCC3)cc2)c1-c1nnn[nH]1. The van der Waals surface area contributed by atoms with Crippen LogP contribution in [-0.2, 0) is 14.6 Å². The maximum atomic E-state index is 12.2. The summed E-state index contributed by atoms with van der Waals surface area (Å²) in [5, 5.41) is 13.7. The number of pyridine rings is 1. The largest absolute Gasteiger partial charge is 0.381 e. The van der Waals surface area contributed by atoms with Crippen molar-refractivity contribution in [2.24, 2.45) is 0 Å². The number of aromatic amines is 1. The molecule has 0 saturated carbocycles. The fourth-order valence-corrected chi connectivity index (χ4v) is 4.25. The van der Waals surface area contributed by atoms with Crippen LogP contribution in [0.15, 0.2) is 41.6 Å². The van der Waals surface area contributed by atoms with Crippen LogP contribution in [0.4, 0.5) is 0 Å². The summed E-state index contributed by atoms with van der Waals surface area (Å²) >= 11 is 0. The lowest BCUT2D eigenvalue weighted by Crippen LogP contribution is -2.13. The summed E-state index contributed by atoms with van der Waals surface area (Å²) in [7, 11) is -3.56. The molecule has 4 rings (SSSR count). The highest BCUT2D eigenvalue weighted by molar-refractivity contribution is 7.90. The Balaban J connectivity index is 1.80. The fourth-order valence-electron chi connectivity index (χ4n) is 3.42. The molecule has 1 aromatic carbocycles. The summed E-state index contributed by atoms with van der Waals surface area (Å²) in [6.07, 6.45) is 4.65. The Morgan fingerprint density at radius 3 is 2.48 bits per heavy atom. The molecular formula is C18H19N5O3S. The number of aromatic nitrogens is 5. The van der Waals surface area contributed by atoms with Gasteiger partial charge in [0.05, 0.1) is 5.56 Å². The van der Waals surface area contributed by atoms with Gasteiger partial charge >= 0.3 is 0 Å². The third-order valence-electron chi connectivity index (χ3n) is 4.76. The van der Waals surface area contributed by atoms with Crippen LogP contribution in [0.25, 0.3) is 22.5 Å². The molecule has 0 spiro atoms. The summed E-state index contributed by atoms with van der Waals surface area (Å²) < 4.78 is 29.9. The lowest BCUT2D eigenvalue weighted by molar-refractivity contribution is 0.0853. The van der Waals surface area contributed by atoms with Crippen molar-refractivity contribution in [3.8, 4) is 22.5 Å². The molecule has 0 bridgehead atoms. The second-order valence-electron chi connectivity index (χ2n) is 6.57. The molecule has 0 unspecified atom stereocenters. The van der Waals surface area contributed by atoms with Crippen molar-refractivity contribution in [1.82, 2.24) is 25.6 Å².